The smallest absolute Gasteiger partial charge is 0.191 e. The van der Waals surface area contributed by atoms with Crippen LogP contribution in [0.15, 0.2) is 41.4 Å². The molecule has 1 atom stereocenters. The highest BCUT2D eigenvalue weighted by Gasteiger charge is 2.11. The Morgan fingerprint density at radius 3 is 2.29 bits per heavy atom. The van der Waals surface area contributed by atoms with E-state index in [1.165, 1.54) is 11.3 Å². The Balaban J connectivity index is 0.00000341. The van der Waals surface area contributed by atoms with Gasteiger partial charge in [0.2, 0.25) is 0 Å². The fourth-order valence-electron chi connectivity index (χ4n) is 3.63. The van der Waals surface area contributed by atoms with Crippen molar-refractivity contribution in [2.24, 2.45) is 10.9 Å². The third kappa shape index (κ3) is 6.56. The van der Waals surface area contributed by atoms with Crippen LogP contribution in [0.1, 0.15) is 35.3 Å². The highest BCUT2D eigenvalue weighted by atomic mass is 127. The number of nitrogens with one attached hydrogen (secondary N) is 2. The third-order valence-electron chi connectivity index (χ3n) is 5.11. The summed E-state index contributed by atoms with van der Waals surface area (Å²) in [5, 5.41) is 16.1. The summed E-state index contributed by atoms with van der Waals surface area (Å²) in [7, 11) is 1.80. The summed E-state index contributed by atoms with van der Waals surface area (Å²) in [5.74, 6) is 1.21. The summed E-state index contributed by atoms with van der Waals surface area (Å²) in [6.07, 6.45) is 0. The number of halogens is 1. The lowest BCUT2D eigenvalue weighted by Crippen LogP contribution is -2.39. The summed E-state index contributed by atoms with van der Waals surface area (Å²) >= 11 is 0. The molecule has 0 aliphatic heterocycles. The van der Waals surface area contributed by atoms with E-state index in [0.29, 0.717) is 12.5 Å². The van der Waals surface area contributed by atoms with E-state index in [9.17, 15) is 0 Å². The average molecular weight is 535 g/mol. The topological polar surface area (TPSA) is 72.1 Å². The third-order valence-corrected chi connectivity index (χ3v) is 5.11. The van der Waals surface area contributed by atoms with Gasteiger partial charge in [0.05, 0.1) is 17.1 Å². The van der Waals surface area contributed by atoms with Crippen molar-refractivity contribution in [2.45, 2.75) is 47.7 Å². The first-order chi connectivity index (χ1) is 14.4. The Bertz CT molecular complexity index is 1020. The van der Waals surface area contributed by atoms with Gasteiger partial charge in [-0.2, -0.15) is 10.2 Å². The Kier molecular flexibility index (Phi) is 9.09. The van der Waals surface area contributed by atoms with Crippen molar-refractivity contribution in [1.29, 1.82) is 0 Å². The van der Waals surface area contributed by atoms with E-state index in [1.54, 1.807) is 7.05 Å². The number of guanidine groups is 1. The lowest BCUT2D eigenvalue weighted by molar-refractivity contribution is 0.436. The number of nitrogens with zero attached hydrogens (tertiary/aromatic N) is 5. The molecule has 0 saturated heterocycles. The van der Waals surface area contributed by atoms with E-state index in [2.05, 4.69) is 81.6 Å². The molecule has 0 aliphatic carbocycles. The highest BCUT2D eigenvalue weighted by molar-refractivity contribution is 14.0. The number of aromatic nitrogens is 4. The zero-order chi connectivity index (χ0) is 21.7. The summed E-state index contributed by atoms with van der Waals surface area (Å²) in [4.78, 5) is 4.38. The molecule has 0 aliphatic rings. The molecule has 1 unspecified atom stereocenters. The Hall–Kier alpha value is -2.36. The van der Waals surface area contributed by atoms with E-state index in [-0.39, 0.29) is 24.0 Å². The van der Waals surface area contributed by atoms with Crippen molar-refractivity contribution in [3.8, 4) is 5.69 Å². The van der Waals surface area contributed by atoms with Crippen LogP contribution in [0.5, 0.6) is 0 Å². The van der Waals surface area contributed by atoms with Gasteiger partial charge in [0.25, 0.3) is 0 Å². The zero-order valence-electron chi connectivity index (χ0n) is 19.3. The first kappa shape index (κ1) is 24.9. The number of benzene rings is 1. The molecule has 7 nitrogen and oxygen atoms in total. The van der Waals surface area contributed by atoms with Gasteiger partial charge in [0.1, 0.15) is 0 Å². The molecule has 168 valence electrons. The molecule has 0 bridgehead atoms. The molecule has 2 aromatic heterocycles. The molecule has 0 amide bonds. The van der Waals surface area contributed by atoms with Crippen LogP contribution in [0.4, 0.5) is 0 Å². The van der Waals surface area contributed by atoms with Gasteiger partial charge in [-0.15, -0.1) is 24.0 Å². The number of rotatable bonds is 7. The van der Waals surface area contributed by atoms with Crippen molar-refractivity contribution in [1.82, 2.24) is 30.2 Å². The SMILES string of the molecule is CN=C(NCc1ccccc1-n1nc(C)cc1C)NCC(C)Cn1nc(C)cc1C.I. The van der Waals surface area contributed by atoms with Gasteiger partial charge < -0.3 is 10.6 Å². The number of hydrogen-bond donors (Lipinski definition) is 2. The van der Waals surface area contributed by atoms with Gasteiger partial charge in [-0.1, -0.05) is 25.1 Å². The molecule has 31 heavy (non-hydrogen) atoms. The van der Waals surface area contributed by atoms with Crippen molar-refractivity contribution < 1.29 is 0 Å². The lowest BCUT2D eigenvalue weighted by atomic mass is 10.1. The standard InChI is InChI=1S/C23H33N7.HI/c1-16(15-29-19(4)11-17(2)27-29)13-25-23(24-6)26-14-21-9-7-8-10-22(21)30-20(5)12-18(3)28-30;/h7-12,16H,13-15H2,1-6H3,(H2,24,25,26);1H. The predicted octanol–water partition coefficient (Wildman–Crippen LogP) is 3.92. The van der Waals surface area contributed by atoms with Crippen molar-refractivity contribution in [3.63, 3.8) is 0 Å². The molecular formula is C23H34IN7. The average Bonchev–Trinajstić information content (AvgIpc) is 3.21. The van der Waals surface area contributed by atoms with E-state index in [4.69, 9.17) is 0 Å². The van der Waals surface area contributed by atoms with Gasteiger partial charge >= 0.3 is 0 Å². The second-order valence-electron chi connectivity index (χ2n) is 7.99. The monoisotopic (exact) mass is 535 g/mol. The number of aryl methyl sites for hydroxylation is 4. The molecular weight excluding hydrogens is 501 g/mol. The summed E-state index contributed by atoms with van der Waals surface area (Å²) < 4.78 is 4.07. The van der Waals surface area contributed by atoms with Crippen LogP contribution in [-0.4, -0.2) is 39.1 Å². The van der Waals surface area contributed by atoms with E-state index < -0.39 is 0 Å². The van der Waals surface area contributed by atoms with Crippen LogP contribution in [0.3, 0.4) is 0 Å². The zero-order valence-corrected chi connectivity index (χ0v) is 21.6. The Morgan fingerprint density at radius 2 is 1.68 bits per heavy atom. The first-order valence-electron chi connectivity index (χ1n) is 10.4. The molecule has 0 saturated carbocycles. The van der Waals surface area contributed by atoms with Gasteiger partial charge in [0.15, 0.2) is 5.96 Å². The molecule has 8 heteroatoms. The van der Waals surface area contributed by atoms with Crippen LogP contribution in [0, 0.1) is 33.6 Å². The lowest BCUT2D eigenvalue weighted by Gasteiger charge is -2.18. The number of aliphatic imine (C=N–C) groups is 1. The maximum absolute atomic E-state index is 4.63. The minimum absolute atomic E-state index is 0. The fourth-order valence-corrected chi connectivity index (χ4v) is 3.63. The molecule has 0 fully saturated rings. The second kappa shape index (κ2) is 11.3. The van der Waals surface area contributed by atoms with Crippen LogP contribution in [0.25, 0.3) is 5.69 Å². The van der Waals surface area contributed by atoms with Crippen molar-refractivity contribution in [2.75, 3.05) is 13.6 Å². The molecule has 3 rings (SSSR count). The van der Waals surface area contributed by atoms with Crippen molar-refractivity contribution in [3.05, 3.63) is 64.7 Å². The maximum atomic E-state index is 4.63. The maximum Gasteiger partial charge on any atom is 0.191 e. The first-order valence-corrected chi connectivity index (χ1v) is 10.4. The number of hydrogen-bond acceptors (Lipinski definition) is 3. The van der Waals surface area contributed by atoms with Gasteiger partial charge in [0, 0.05) is 38.1 Å². The van der Waals surface area contributed by atoms with Crippen molar-refractivity contribution >= 4 is 29.9 Å². The van der Waals surface area contributed by atoms with Crippen LogP contribution in [0.2, 0.25) is 0 Å². The van der Waals surface area contributed by atoms with Gasteiger partial charge in [-0.3, -0.25) is 9.67 Å². The molecule has 2 heterocycles. The van der Waals surface area contributed by atoms with Gasteiger partial charge in [-0.05, 0) is 57.4 Å². The second-order valence-corrected chi connectivity index (χ2v) is 7.99. The van der Waals surface area contributed by atoms with Crippen LogP contribution >= 0.6 is 24.0 Å². The minimum atomic E-state index is 0. The molecule has 1 aromatic carbocycles. The summed E-state index contributed by atoms with van der Waals surface area (Å²) in [6, 6.07) is 12.5. The normalized spacial score (nSPS) is 12.4. The van der Waals surface area contributed by atoms with Gasteiger partial charge in [-0.25, -0.2) is 4.68 Å². The predicted molar refractivity (Wildman–Crippen MR) is 138 cm³/mol. The van der Waals surface area contributed by atoms with Crippen LogP contribution < -0.4 is 10.6 Å². The van der Waals surface area contributed by atoms with E-state index >= 15 is 0 Å². The fraction of sp³-hybridized carbons (Fsp3) is 0.435. The molecule has 0 radical (unpaired) electrons. The van der Waals surface area contributed by atoms with Crippen LogP contribution in [-0.2, 0) is 13.1 Å². The van der Waals surface area contributed by atoms with E-state index in [1.807, 2.05) is 24.6 Å². The van der Waals surface area contributed by atoms with E-state index in [0.717, 1.165) is 41.8 Å². The molecule has 3 aromatic rings. The highest BCUT2D eigenvalue weighted by Crippen LogP contribution is 2.17. The number of para-hydroxylation sites is 1. The molecule has 0 spiro atoms. The summed E-state index contributed by atoms with van der Waals surface area (Å²) in [5.41, 5.74) is 6.66. The Morgan fingerprint density at radius 1 is 1.00 bits per heavy atom. The summed E-state index contributed by atoms with van der Waals surface area (Å²) in [6.45, 7) is 12.8. The molecule has 2 N–H and O–H groups in total. The largest absolute Gasteiger partial charge is 0.356 e. The quantitative estimate of drug-likeness (QED) is 0.273. The minimum Gasteiger partial charge on any atom is -0.356 e. The Labute approximate surface area is 202 Å².